The number of fused-ring (bicyclic) bond motifs is 5. The van der Waals surface area contributed by atoms with Gasteiger partial charge in [0.15, 0.2) is 12.6 Å². The molecule has 0 unspecified atom stereocenters. The fourth-order valence-electron chi connectivity index (χ4n) is 12.7. The number of alkyl carbamates (subject to hydrolysis) is 3. The number of hydrogen-bond donors (Lipinski definition) is 5. The van der Waals surface area contributed by atoms with Crippen molar-refractivity contribution in [3.05, 3.63) is 263 Å². The number of carbonyl (C=O) groups excluding carboxylic acids is 11. The number of esters is 6. The topological polar surface area (TPSA) is 444 Å². The highest BCUT2D eigenvalue weighted by Gasteiger charge is 2.30. The number of aldehydes is 2. The monoisotopic (exact) mass is 1790 g/mol. The number of carboxylic acid groups (broad SMARTS) is 1. The first-order valence-electron chi connectivity index (χ1n) is 41.3. The van der Waals surface area contributed by atoms with E-state index in [0.717, 1.165) is 50.2 Å². The molecule has 5 aromatic heterocycles. The van der Waals surface area contributed by atoms with Gasteiger partial charge < -0.3 is 58.4 Å². The zero-order valence-electron chi connectivity index (χ0n) is 75.0. The van der Waals surface area contributed by atoms with Crippen LogP contribution in [0.15, 0.2) is 218 Å². The number of H-pyrrole nitrogens is 1. The number of aliphatic carboxylic acids is 1. The van der Waals surface area contributed by atoms with Gasteiger partial charge in [-0.05, 0) is 136 Å². The fourth-order valence-corrected chi connectivity index (χ4v) is 12.7. The van der Waals surface area contributed by atoms with Crippen molar-refractivity contribution in [2.45, 2.75) is 176 Å². The van der Waals surface area contributed by atoms with Gasteiger partial charge in [0.05, 0.1) is 58.9 Å². The normalized spacial score (nSPS) is 11.8. The number of rotatable bonds is 27. The lowest BCUT2D eigenvalue weighted by atomic mass is 10.1. The number of amides is 3. The molecule has 8 aromatic carbocycles. The van der Waals surface area contributed by atoms with Crippen molar-refractivity contribution in [1.29, 1.82) is 0 Å². The first-order chi connectivity index (χ1) is 62.3. The molecular formula is C96H105N13O22. The van der Waals surface area contributed by atoms with E-state index in [2.05, 4.69) is 46.5 Å². The van der Waals surface area contributed by atoms with Gasteiger partial charge >= 0.3 is 60.1 Å². The molecule has 5 heterocycles. The molecule has 5 N–H and O–H groups in total. The van der Waals surface area contributed by atoms with Gasteiger partial charge in [0, 0.05) is 39.8 Å². The molecule has 0 aliphatic heterocycles. The summed E-state index contributed by atoms with van der Waals surface area (Å²) in [5, 5.41) is 44.9. The van der Waals surface area contributed by atoms with Crippen LogP contribution in [-0.2, 0) is 135 Å². The Morgan fingerprint density at radius 2 is 0.718 bits per heavy atom. The summed E-state index contributed by atoms with van der Waals surface area (Å²) in [6.45, 7) is 21.3. The lowest BCUT2D eigenvalue weighted by Crippen LogP contribution is -2.43. The Balaban J connectivity index is 0.000000192. The molecular weight excluding hydrogens is 1690 g/mol. The van der Waals surface area contributed by atoms with Gasteiger partial charge in [0.25, 0.3) is 0 Å². The number of nitrogens with zero attached hydrogens (tertiary/aromatic N) is 9. The number of carboxylic acids is 1. The van der Waals surface area contributed by atoms with Gasteiger partial charge in [-0.1, -0.05) is 182 Å². The summed E-state index contributed by atoms with van der Waals surface area (Å²) in [7, 11) is 2.44. The molecule has 2 atom stereocenters. The van der Waals surface area contributed by atoms with E-state index >= 15 is 0 Å². The molecule has 35 heteroatoms. The Morgan fingerprint density at radius 3 is 1.09 bits per heavy atom. The Labute approximate surface area is 753 Å². The predicted octanol–water partition coefficient (Wildman–Crippen LogP) is 14.1. The van der Waals surface area contributed by atoms with E-state index in [1.165, 1.54) is 39.0 Å². The van der Waals surface area contributed by atoms with Crippen LogP contribution in [0.4, 0.5) is 14.4 Å². The molecule has 0 bridgehead atoms. The third kappa shape index (κ3) is 31.1. The lowest BCUT2D eigenvalue weighted by molar-refractivity contribution is -0.156. The Kier molecular flexibility index (Phi) is 34.9. The molecule has 0 aliphatic carbocycles. The van der Waals surface area contributed by atoms with Crippen molar-refractivity contribution >= 4 is 133 Å². The number of hydrogen-bond acceptors (Lipinski definition) is 26. The summed E-state index contributed by atoms with van der Waals surface area (Å²) in [5.41, 5.74) is 5.62. The average Bonchev–Trinajstić information content (AvgIpc) is 1.43. The van der Waals surface area contributed by atoms with Crippen LogP contribution in [0.3, 0.4) is 0 Å². The minimum Gasteiger partial charge on any atom is -0.480 e. The van der Waals surface area contributed by atoms with Crippen LogP contribution in [0.25, 0.3) is 60.6 Å². The van der Waals surface area contributed by atoms with Gasteiger partial charge in [-0.3, -0.25) is 57.9 Å². The van der Waals surface area contributed by atoms with Crippen molar-refractivity contribution in [2.75, 3.05) is 14.2 Å². The second-order valence-corrected chi connectivity index (χ2v) is 33.1. The maximum atomic E-state index is 12.4. The Hall–Kier alpha value is -15.7. The highest BCUT2D eigenvalue weighted by Crippen LogP contribution is 2.27. The maximum Gasteiger partial charge on any atom is 0.412 e. The zero-order valence-corrected chi connectivity index (χ0v) is 75.0. The number of nitrogens with one attached hydrogen (secondary N) is 4. The molecule has 0 spiro atoms. The summed E-state index contributed by atoms with van der Waals surface area (Å²) in [4.78, 5) is 144. The number of ether oxygens (including phenoxy) is 9. The van der Waals surface area contributed by atoms with Crippen molar-refractivity contribution in [1.82, 2.24) is 65.3 Å². The minimum atomic E-state index is -1.26. The fraction of sp³-hybridized carbons (Fsp3) is 0.302. The smallest absolute Gasteiger partial charge is 0.412 e. The van der Waals surface area contributed by atoms with Crippen LogP contribution < -0.4 is 16.0 Å². The molecule has 686 valence electrons. The molecule has 131 heavy (non-hydrogen) atoms. The van der Waals surface area contributed by atoms with Crippen molar-refractivity contribution in [3.63, 3.8) is 0 Å². The van der Waals surface area contributed by atoms with E-state index in [1.807, 2.05) is 172 Å². The highest BCUT2D eigenvalue weighted by atomic mass is 16.6. The van der Waals surface area contributed by atoms with E-state index in [4.69, 9.17) is 42.6 Å². The quantitative estimate of drug-likeness (QED) is 0.0138. The number of methoxy groups -OCH3 is 2. The van der Waals surface area contributed by atoms with E-state index in [9.17, 15) is 62.6 Å². The van der Waals surface area contributed by atoms with Crippen LogP contribution in [0.5, 0.6) is 0 Å². The third-order valence-electron chi connectivity index (χ3n) is 18.1. The van der Waals surface area contributed by atoms with Gasteiger partial charge in [0.2, 0.25) is 0 Å². The van der Waals surface area contributed by atoms with E-state index < -0.39 is 88.6 Å². The summed E-state index contributed by atoms with van der Waals surface area (Å²) < 4.78 is 52.6. The minimum absolute atomic E-state index is 0.00831. The van der Waals surface area contributed by atoms with Crippen LogP contribution in [0.2, 0.25) is 0 Å². The second kappa shape index (κ2) is 46.1. The Morgan fingerprint density at radius 1 is 0.389 bits per heavy atom. The first kappa shape index (κ1) is 99.1. The first-order valence-corrected chi connectivity index (χ1v) is 41.3. The van der Waals surface area contributed by atoms with Crippen LogP contribution in [0, 0.1) is 0 Å². The average molecular weight is 1790 g/mol. The summed E-state index contributed by atoms with van der Waals surface area (Å²) in [6.07, 6.45) is 0.387. The zero-order chi connectivity index (χ0) is 95.2. The molecule has 35 nitrogen and oxygen atoms in total. The molecule has 0 saturated carbocycles. The number of para-hydroxylation sites is 5. The molecule has 13 aromatic rings. The van der Waals surface area contributed by atoms with Crippen LogP contribution >= 0.6 is 0 Å². The standard InChI is InChI=1S/C25H29N3O6.C25H27N3O6.C24H27N3O6.C14H16N2O3.C8H6N2O/c2*1-25(2,3)34-22(29)15-28-21-13-9-8-12-18(21)19(27-28)14-20(23(30)32-4)26-24(31)33-16-17-10-6-5-7-11-17;1-24(2,3)33-21(28)14-27-20-12-8-7-11-17(20)18(26-27)13-19(22(29)30)25-23(31)32-15-16-9-5-4-6-10-16;1-14(2,3)19-13(18)8-16-12-7-5-4-6-10(12)11(9-17)15-16;11-5-8-6-3-1-2-4-7(6)9-10-8/h5-13,20H,14-16H2,1-4H3,(H,26,31);5-14H,15-16H2,1-4H3,(H,26,31);4-12,19H,13-15H2,1-3H3,(H,25,31)(H,29,30);4-7,9H,8H2,1-3H3;1-5H,(H,9,10)/b;20-14+;;;/t20-;;19-;;/m0.0../s1. The summed E-state index contributed by atoms with van der Waals surface area (Å²) in [6, 6.07) is 61.6. The third-order valence-corrected chi connectivity index (χ3v) is 18.1. The molecule has 0 saturated heterocycles. The molecule has 0 fully saturated rings. The number of benzene rings is 8. The van der Waals surface area contributed by atoms with Gasteiger partial charge in [0.1, 0.15) is 97.6 Å². The van der Waals surface area contributed by atoms with E-state index in [-0.39, 0.29) is 70.5 Å². The van der Waals surface area contributed by atoms with E-state index in [0.29, 0.717) is 62.1 Å². The van der Waals surface area contributed by atoms with Crippen molar-refractivity contribution in [3.8, 4) is 0 Å². The number of carbonyl (C=O) groups is 12. The van der Waals surface area contributed by atoms with Crippen LogP contribution in [0.1, 0.15) is 138 Å². The van der Waals surface area contributed by atoms with Crippen LogP contribution in [-0.4, -0.2) is 176 Å². The summed E-state index contributed by atoms with van der Waals surface area (Å²) >= 11 is 0. The molecule has 0 aliphatic rings. The van der Waals surface area contributed by atoms with E-state index in [1.54, 1.807) is 123 Å². The predicted molar refractivity (Wildman–Crippen MR) is 483 cm³/mol. The Bertz CT molecular complexity index is 6190. The number of aromatic nitrogens is 10. The summed E-state index contributed by atoms with van der Waals surface area (Å²) in [5.74, 6) is -4.35. The van der Waals surface area contributed by atoms with Gasteiger partial charge in [-0.25, -0.2) is 28.8 Å². The molecule has 0 radical (unpaired) electrons. The maximum absolute atomic E-state index is 12.4. The second-order valence-electron chi connectivity index (χ2n) is 33.1. The number of aromatic amines is 1. The highest BCUT2D eigenvalue weighted by molar-refractivity contribution is 6.00. The van der Waals surface area contributed by atoms with Gasteiger partial charge in [-0.15, -0.1) is 0 Å². The largest absolute Gasteiger partial charge is 0.480 e. The van der Waals surface area contributed by atoms with Gasteiger partial charge in [-0.2, -0.15) is 25.5 Å². The lowest BCUT2D eigenvalue weighted by Gasteiger charge is -2.19. The van der Waals surface area contributed by atoms with Crippen molar-refractivity contribution in [2.24, 2.45) is 0 Å². The van der Waals surface area contributed by atoms with Crippen molar-refractivity contribution < 1.29 is 105 Å². The molecule has 3 amide bonds. The SMILES string of the molecule is CC(C)(C)OC(=O)Cn1nc(C=O)c2ccccc21.CC(C)(C)OC(=O)Cn1nc(C[C@H](NC(=O)OCc2ccccc2)C(=O)O)c2ccccc21.COC(=O)/C(=C\c1nn(CC(=O)OC(C)(C)C)c2ccccc12)NC(=O)OCc1ccccc1.COC(=O)[C@H](Cc1nn(CC(=O)OC(C)(C)C)c2ccccc12)NC(=O)OCc1ccccc1.O=Cc1[nH]nc2ccccc12. The molecule has 13 rings (SSSR count).